The van der Waals surface area contributed by atoms with Crippen LogP contribution in [0.2, 0.25) is 5.02 Å². The quantitative estimate of drug-likeness (QED) is 0.589. The van der Waals surface area contributed by atoms with Gasteiger partial charge in [0.05, 0.1) is 11.5 Å². The van der Waals surface area contributed by atoms with Crippen molar-refractivity contribution < 1.29 is 9.53 Å². The normalized spacial score (nSPS) is 17.0. The summed E-state index contributed by atoms with van der Waals surface area (Å²) in [5, 5.41) is 3.83. The summed E-state index contributed by atoms with van der Waals surface area (Å²) in [7, 11) is 0. The second kappa shape index (κ2) is 9.00. The van der Waals surface area contributed by atoms with Gasteiger partial charge in [0, 0.05) is 10.7 Å². The molecular weight excluding hydrogens is 370 g/mol. The summed E-state index contributed by atoms with van der Waals surface area (Å²) in [6.45, 7) is 6.18. The number of nitrogens with one attached hydrogen (secondary N) is 1. The van der Waals surface area contributed by atoms with Gasteiger partial charge in [-0.2, -0.15) is 0 Å². The van der Waals surface area contributed by atoms with Crippen LogP contribution in [0.15, 0.2) is 42.5 Å². The predicted octanol–water partition coefficient (Wildman–Crippen LogP) is 6.67. The van der Waals surface area contributed by atoms with E-state index in [0.29, 0.717) is 5.02 Å². The lowest BCUT2D eigenvalue weighted by molar-refractivity contribution is -0.122. The molecule has 3 rings (SSSR count). The van der Waals surface area contributed by atoms with Crippen molar-refractivity contribution in [2.75, 3.05) is 5.32 Å². The van der Waals surface area contributed by atoms with E-state index in [1.54, 1.807) is 0 Å². The molecule has 1 aliphatic carbocycles. The van der Waals surface area contributed by atoms with Gasteiger partial charge in [0.25, 0.3) is 0 Å². The molecule has 0 heterocycles. The van der Waals surface area contributed by atoms with Crippen molar-refractivity contribution in [1.29, 1.82) is 0 Å². The minimum Gasteiger partial charge on any atom is -0.490 e. The Kier molecular flexibility index (Phi) is 6.66. The molecule has 0 aliphatic heterocycles. The van der Waals surface area contributed by atoms with E-state index in [9.17, 15) is 4.79 Å². The van der Waals surface area contributed by atoms with E-state index in [1.165, 1.54) is 6.42 Å². The maximum atomic E-state index is 13.5. The van der Waals surface area contributed by atoms with Gasteiger partial charge >= 0.3 is 0 Å². The molecule has 1 saturated carbocycles. The first-order valence-electron chi connectivity index (χ1n) is 10.3. The minimum absolute atomic E-state index is 0.0373. The average Bonchev–Trinajstić information content (AvgIpc) is 2.70. The summed E-state index contributed by atoms with van der Waals surface area (Å²) in [5.41, 5.74) is 2.21. The zero-order chi connectivity index (χ0) is 20.1. The summed E-state index contributed by atoms with van der Waals surface area (Å²) in [5.74, 6) is 0.904. The first-order chi connectivity index (χ1) is 13.5. The molecule has 150 valence electrons. The van der Waals surface area contributed by atoms with Crippen LogP contribution in [0.1, 0.15) is 63.5 Å². The summed E-state index contributed by atoms with van der Waals surface area (Å²) < 4.78 is 5.95. The lowest BCUT2D eigenvalue weighted by atomic mass is 9.68. The Morgan fingerprint density at radius 1 is 1.18 bits per heavy atom. The van der Waals surface area contributed by atoms with E-state index >= 15 is 0 Å². The molecule has 2 aromatic carbocycles. The Bertz CT molecular complexity index is 827. The van der Waals surface area contributed by atoms with Gasteiger partial charge in [-0.1, -0.05) is 56.0 Å². The van der Waals surface area contributed by atoms with Crippen LogP contribution in [0, 0.1) is 6.92 Å². The van der Waals surface area contributed by atoms with Crippen LogP contribution in [-0.2, 0) is 10.2 Å². The summed E-state index contributed by atoms with van der Waals surface area (Å²) in [6, 6.07) is 13.6. The van der Waals surface area contributed by atoms with Crippen LogP contribution in [0.25, 0.3) is 0 Å². The third-order valence-corrected chi connectivity index (χ3v) is 6.20. The highest BCUT2D eigenvalue weighted by atomic mass is 35.5. The van der Waals surface area contributed by atoms with Gasteiger partial charge in [-0.3, -0.25) is 4.79 Å². The molecule has 0 aromatic heterocycles. The molecular formula is C24H30ClNO2. The standard InChI is InChI=1S/C24H30ClNO2/c1-4-18(3)28-22-13-12-19(16-17(22)2)26-23(27)24(14-8-5-9-15-24)20-10-6-7-11-21(20)25/h6-7,10-13,16,18H,4-5,8-9,14-15H2,1-3H3,(H,26,27)/t18-/m0/s1. The number of ether oxygens (including phenoxy) is 1. The molecule has 0 radical (unpaired) electrons. The number of anilines is 1. The largest absolute Gasteiger partial charge is 0.490 e. The van der Waals surface area contributed by atoms with Crippen molar-refractivity contribution in [1.82, 2.24) is 0 Å². The molecule has 1 aliphatic rings. The van der Waals surface area contributed by atoms with E-state index in [-0.39, 0.29) is 12.0 Å². The van der Waals surface area contributed by atoms with E-state index in [4.69, 9.17) is 16.3 Å². The van der Waals surface area contributed by atoms with Crippen LogP contribution in [0.4, 0.5) is 5.69 Å². The van der Waals surface area contributed by atoms with E-state index in [1.807, 2.05) is 49.4 Å². The fourth-order valence-corrected chi connectivity index (χ4v) is 4.35. The number of halogens is 1. The molecule has 1 amide bonds. The third-order valence-electron chi connectivity index (χ3n) is 5.87. The smallest absolute Gasteiger partial charge is 0.235 e. The summed E-state index contributed by atoms with van der Waals surface area (Å²) in [6.07, 6.45) is 6.04. The van der Waals surface area contributed by atoms with Crippen LogP contribution in [-0.4, -0.2) is 12.0 Å². The molecule has 28 heavy (non-hydrogen) atoms. The second-order valence-corrected chi connectivity index (χ2v) is 8.30. The first kappa shape index (κ1) is 20.7. The third kappa shape index (κ3) is 4.35. The van der Waals surface area contributed by atoms with Gasteiger partial charge in [-0.15, -0.1) is 0 Å². The zero-order valence-electron chi connectivity index (χ0n) is 17.1. The number of benzene rings is 2. The monoisotopic (exact) mass is 399 g/mol. The highest BCUT2D eigenvalue weighted by Crippen LogP contribution is 2.43. The molecule has 0 unspecified atom stereocenters. The number of hydrogen-bond donors (Lipinski definition) is 1. The molecule has 2 aromatic rings. The van der Waals surface area contributed by atoms with Crippen LogP contribution >= 0.6 is 11.6 Å². The Hall–Kier alpha value is -2.00. The molecule has 4 heteroatoms. The van der Waals surface area contributed by atoms with Crippen molar-refractivity contribution >= 4 is 23.2 Å². The average molecular weight is 400 g/mol. The zero-order valence-corrected chi connectivity index (χ0v) is 17.8. The molecule has 1 N–H and O–H groups in total. The number of rotatable bonds is 6. The van der Waals surface area contributed by atoms with Gasteiger partial charge in [-0.25, -0.2) is 0 Å². The van der Waals surface area contributed by atoms with Crippen molar-refractivity contribution in [3.05, 3.63) is 58.6 Å². The minimum atomic E-state index is -0.559. The van der Waals surface area contributed by atoms with Crippen molar-refractivity contribution in [3.8, 4) is 5.75 Å². The van der Waals surface area contributed by atoms with Gasteiger partial charge < -0.3 is 10.1 Å². The van der Waals surface area contributed by atoms with Crippen LogP contribution < -0.4 is 10.1 Å². The van der Waals surface area contributed by atoms with Crippen LogP contribution in [0.3, 0.4) is 0 Å². The fourth-order valence-electron chi connectivity index (χ4n) is 4.03. The Labute approximate surface area is 173 Å². The number of hydrogen-bond acceptors (Lipinski definition) is 2. The van der Waals surface area contributed by atoms with Gasteiger partial charge in [-0.05, 0) is 68.5 Å². The fraction of sp³-hybridized carbons (Fsp3) is 0.458. The van der Waals surface area contributed by atoms with Gasteiger partial charge in [0.15, 0.2) is 0 Å². The molecule has 1 atom stereocenters. The second-order valence-electron chi connectivity index (χ2n) is 7.89. The summed E-state index contributed by atoms with van der Waals surface area (Å²) >= 11 is 6.51. The maximum Gasteiger partial charge on any atom is 0.235 e. The Morgan fingerprint density at radius 3 is 2.54 bits per heavy atom. The van der Waals surface area contributed by atoms with Crippen molar-refractivity contribution in [2.45, 2.75) is 70.8 Å². The van der Waals surface area contributed by atoms with Gasteiger partial charge in [0.1, 0.15) is 5.75 Å². The number of carbonyl (C=O) groups is 1. The van der Waals surface area contributed by atoms with Gasteiger partial charge in [0.2, 0.25) is 5.91 Å². The molecule has 0 bridgehead atoms. The SMILES string of the molecule is CC[C@H](C)Oc1ccc(NC(=O)C2(c3ccccc3Cl)CCCCC2)cc1C. The molecule has 0 saturated heterocycles. The lowest BCUT2D eigenvalue weighted by Gasteiger charge is -2.37. The topological polar surface area (TPSA) is 38.3 Å². The highest BCUT2D eigenvalue weighted by molar-refractivity contribution is 6.31. The molecule has 0 spiro atoms. The van der Waals surface area contributed by atoms with E-state index < -0.39 is 5.41 Å². The Morgan fingerprint density at radius 2 is 1.89 bits per heavy atom. The Balaban J connectivity index is 1.85. The summed E-state index contributed by atoms with van der Waals surface area (Å²) in [4.78, 5) is 13.5. The van der Waals surface area contributed by atoms with Crippen LogP contribution in [0.5, 0.6) is 5.75 Å². The van der Waals surface area contributed by atoms with E-state index in [2.05, 4.69) is 19.2 Å². The molecule has 3 nitrogen and oxygen atoms in total. The first-order valence-corrected chi connectivity index (χ1v) is 10.7. The lowest BCUT2D eigenvalue weighted by Crippen LogP contribution is -2.42. The number of amides is 1. The van der Waals surface area contributed by atoms with Crippen molar-refractivity contribution in [3.63, 3.8) is 0 Å². The highest BCUT2D eigenvalue weighted by Gasteiger charge is 2.42. The predicted molar refractivity (Wildman–Crippen MR) is 116 cm³/mol. The van der Waals surface area contributed by atoms with E-state index in [0.717, 1.165) is 54.7 Å². The molecule has 1 fully saturated rings. The number of aryl methyl sites for hydroxylation is 1. The maximum absolute atomic E-state index is 13.5. The van der Waals surface area contributed by atoms with Crippen molar-refractivity contribution in [2.24, 2.45) is 0 Å². The number of carbonyl (C=O) groups excluding carboxylic acids is 1.